The molecule has 1 aromatic rings. The molecule has 15 heavy (non-hydrogen) atoms. The van der Waals surface area contributed by atoms with Gasteiger partial charge in [-0.3, -0.25) is 0 Å². The molecule has 5 heteroatoms. The summed E-state index contributed by atoms with van der Waals surface area (Å²) < 4.78 is 4.94. The average Bonchev–Trinajstić information content (AvgIpc) is 2.76. The Morgan fingerprint density at radius 2 is 2.47 bits per heavy atom. The maximum absolute atomic E-state index is 9.24. The molecule has 2 unspecified atom stereocenters. The minimum absolute atomic E-state index is 0.316. The summed E-state index contributed by atoms with van der Waals surface area (Å²) in [4.78, 5) is 6.46. The second-order valence-electron chi connectivity index (χ2n) is 4.35. The van der Waals surface area contributed by atoms with Crippen molar-refractivity contribution < 1.29 is 9.63 Å². The van der Waals surface area contributed by atoms with E-state index in [0.29, 0.717) is 17.6 Å². The van der Waals surface area contributed by atoms with Gasteiger partial charge in [-0.25, -0.2) is 0 Å². The van der Waals surface area contributed by atoms with Gasteiger partial charge >= 0.3 is 0 Å². The van der Waals surface area contributed by atoms with Crippen LogP contribution in [0.2, 0.25) is 0 Å². The van der Waals surface area contributed by atoms with Gasteiger partial charge in [-0.2, -0.15) is 4.98 Å². The fourth-order valence-corrected chi connectivity index (χ4v) is 1.97. The van der Waals surface area contributed by atoms with Gasteiger partial charge in [0.25, 0.3) is 5.89 Å². The Morgan fingerprint density at radius 3 is 3.00 bits per heavy atom. The summed E-state index contributed by atoms with van der Waals surface area (Å²) in [6.45, 7) is 3.87. The lowest BCUT2D eigenvalue weighted by molar-refractivity contribution is 0.151. The molecule has 0 amide bonds. The standard InChI is InChI=1S/C10H17N3O2/c1-7(14)10-11-9(12-15-10)5-8-3-4-13(2)6-8/h7-8,14H,3-6H2,1-2H3. The molecule has 2 atom stereocenters. The van der Waals surface area contributed by atoms with Crippen LogP contribution in [0.1, 0.15) is 31.2 Å². The third kappa shape index (κ3) is 2.54. The molecule has 5 nitrogen and oxygen atoms in total. The highest BCUT2D eigenvalue weighted by atomic mass is 16.5. The summed E-state index contributed by atoms with van der Waals surface area (Å²) >= 11 is 0. The SMILES string of the molecule is CC(O)c1nc(CC2CCN(C)C2)no1. The topological polar surface area (TPSA) is 62.4 Å². The zero-order valence-electron chi connectivity index (χ0n) is 9.18. The van der Waals surface area contributed by atoms with E-state index in [2.05, 4.69) is 22.1 Å². The molecule has 1 aliphatic rings. The van der Waals surface area contributed by atoms with Crippen LogP contribution >= 0.6 is 0 Å². The summed E-state index contributed by atoms with van der Waals surface area (Å²) in [5, 5.41) is 13.1. The number of nitrogens with zero attached hydrogens (tertiary/aromatic N) is 3. The normalized spacial score (nSPS) is 24.6. The number of aromatic nitrogens is 2. The maximum atomic E-state index is 9.24. The van der Waals surface area contributed by atoms with Crippen LogP contribution in [-0.4, -0.2) is 40.3 Å². The number of hydrogen-bond acceptors (Lipinski definition) is 5. The van der Waals surface area contributed by atoms with Crippen molar-refractivity contribution >= 4 is 0 Å². The fraction of sp³-hybridized carbons (Fsp3) is 0.800. The van der Waals surface area contributed by atoms with E-state index in [1.54, 1.807) is 6.92 Å². The Hall–Kier alpha value is -0.940. The molecule has 0 aromatic carbocycles. The van der Waals surface area contributed by atoms with Crippen molar-refractivity contribution in [3.05, 3.63) is 11.7 Å². The summed E-state index contributed by atoms with van der Waals surface area (Å²) in [5.74, 6) is 1.65. The average molecular weight is 211 g/mol. The van der Waals surface area contributed by atoms with Crippen LogP contribution < -0.4 is 0 Å². The molecule has 1 aromatic heterocycles. The molecule has 0 bridgehead atoms. The summed E-state index contributed by atoms with van der Waals surface area (Å²) in [5.41, 5.74) is 0. The highest BCUT2D eigenvalue weighted by Crippen LogP contribution is 2.19. The lowest BCUT2D eigenvalue weighted by Gasteiger charge is -2.06. The molecule has 1 aliphatic heterocycles. The van der Waals surface area contributed by atoms with Crippen molar-refractivity contribution in [3.63, 3.8) is 0 Å². The zero-order chi connectivity index (χ0) is 10.8. The molecule has 1 N–H and O–H groups in total. The molecule has 0 saturated carbocycles. The van der Waals surface area contributed by atoms with Gasteiger partial charge < -0.3 is 14.5 Å². The van der Waals surface area contributed by atoms with Crippen molar-refractivity contribution in [1.29, 1.82) is 0 Å². The molecule has 1 fully saturated rings. The van der Waals surface area contributed by atoms with Crippen molar-refractivity contribution in [1.82, 2.24) is 15.0 Å². The minimum atomic E-state index is -0.669. The van der Waals surface area contributed by atoms with Gasteiger partial charge in [0.2, 0.25) is 0 Å². The van der Waals surface area contributed by atoms with Crippen LogP contribution in [0.4, 0.5) is 0 Å². The largest absolute Gasteiger partial charge is 0.384 e. The van der Waals surface area contributed by atoms with Crippen LogP contribution in [0.15, 0.2) is 4.52 Å². The maximum Gasteiger partial charge on any atom is 0.255 e. The van der Waals surface area contributed by atoms with Crippen LogP contribution in [-0.2, 0) is 6.42 Å². The summed E-state index contributed by atoms with van der Waals surface area (Å²) in [6, 6.07) is 0. The first-order valence-corrected chi connectivity index (χ1v) is 5.34. The molecular weight excluding hydrogens is 194 g/mol. The van der Waals surface area contributed by atoms with Crippen molar-refractivity contribution in [2.45, 2.75) is 25.9 Å². The number of aliphatic hydroxyl groups is 1. The summed E-state index contributed by atoms with van der Waals surface area (Å²) in [7, 11) is 2.12. The Labute approximate surface area is 89.1 Å². The van der Waals surface area contributed by atoms with E-state index in [9.17, 15) is 5.11 Å². The first-order valence-electron chi connectivity index (χ1n) is 5.34. The molecule has 2 heterocycles. The van der Waals surface area contributed by atoms with Crippen LogP contribution in [0.5, 0.6) is 0 Å². The molecule has 0 radical (unpaired) electrons. The predicted molar refractivity (Wildman–Crippen MR) is 54.2 cm³/mol. The van der Waals surface area contributed by atoms with E-state index >= 15 is 0 Å². The second kappa shape index (κ2) is 4.28. The monoisotopic (exact) mass is 211 g/mol. The van der Waals surface area contributed by atoms with E-state index in [-0.39, 0.29) is 0 Å². The number of hydrogen-bond donors (Lipinski definition) is 1. The number of aliphatic hydroxyl groups excluding tert-OH is 1. The Bertz CT molecular complexity index is 324. The molecule has 2 rings (SSSR count). The van der Waals surface area contributed by atoms with Gasteiger partial charge in [-0.05, 0) is 32.9 Å². The highest BCUT2D eigenvalue weighted by molar-refractivity contribution is 4.92. The molecule has 0 aliphatic carbocycles. The zero-order valence-corrected chi connectivity index (χ0v) is 9.18. The van der Waals surface area contributed by atoms with Gasteiger partial charge in [0.1, 0.15) is 6.10 Å². The van der Waals surface area contributed by atoms with Gasteiger partial charge in [0.05, 0.1) is 0 Å². The molecule has 0 spiro atoms. The third-order valence-electron chi connectivity index (χ3n) is 2.80. The van der Waals surface area contributed by atoms with Crippen LogP contribution in [0.3, 0.4) is 0 Å². The first kappa shape index (κ1) is 10.6. The van der Waals surface area contributed by atoms with Gasteiger partial charge in [0.15, 0.2) is 5.82 Å². The second-order valence-corrected chi connectivity index (χ2v) is 4.35. The Morgan fingerprint density at radius 1 is 1.67 bits per heavy atom. The predicted octanol–water partition coefficient (Wildman–Crippen LogP) is 0.617. The molecule has 84 valence electrons. The van der Waals surface area contributed by atoms with Crippen molar-refractivity contribution in [3.8, 4) is 0 Å². The lowest BCUT2D eigenvalue weighted by Crippen LogP contribution is -2.15. The van der Waals surface area contributed by atoms with Crippen molar-refractivity contribution in [2.75, 3.05) is 20.1 Å². The third-order valence-corrected chi connectivity index (χ3v) is 2.80. The van der Waals surface area contributed by atoms with Gasteiger partial charge in [-0.1, -0.05) is 5.16 Å². The van der Waals surface area contributed by atoms with Crippen LogP contribution in [0.25, 0.3) is 0 Å². The van der Waals surface area contributed by atoms with E-state index < -0.39 is 6.10 Å². The smallest absolute Gasteiger partial charge is 0.255 e. The van der Waals surface area contributed by atoms with Gasteiger partial charge in [-0.15, -0.1) is 0 Å². The van der Waals surface area contributed by atoms with E-state index in [4.69, 9.17) is 4.52 Å². The fourth-order valence-electron chi connectivity index (χ4n) is 1.97. The van der Waals surface area contributed by atoms with E-state index in [1.165, 1.54) is 6.42 Å². The first-order chi connectivity index (χ1) is 7.15. The van der Waals surface area contributed by atoms with Gasteiger partial charge in [0, 0.05) is 13.0 Å². The highest BCUT2D eigenvalue weighted by Gasteiger charge is 2.22. The van der Waals surface area contributed by atoms with E-state index in [0.717, 1.165) is 19.5 Å². The van der Waals surface area contributed by atoms with E-state index in [1.807, 2.05) is 0 Å². The minimum Gasteiger partial charge on any atom is -0.384 e. The molecular formula is C10H17N3O2. The Balaban J connectivity index is 1.93. The Kier molecular flexibility index (Phi) is 3.02. The quantitative estimate of drug-likeness (QED) is 0.794. The van der Waals surface area contributed by atoms with Crippen molar-refractivity contribution in [2.24, 2.45) is 5.92 Å². The summed E-state index contributed by atoms with van der Waals surface area (Å²) in [6.07, 6.45) is 1.37. The van der Waals surface area contributed by atoms with Crippen LogP contribution in [0, 0.1) is 5.92 Å². The number of rotatable bonds is 3. The molecule has 1 saturated heterocycles. The number of likely N-dealkylation sites (tertiary alicyclic amines) is 1. The lowest BCUT2D eigenvalue weighted by atomic mass is 10.1.